The molecule has 0 radical (unpaired) electrons. The second-order valence-corrected chi connectivity index (χ2v) is 8.46. The molecule has 1 unspecified atom stereocenters. The van der Waals surface area contributed by atoms with Gasteiger partial charge in [-0.05, 0) is 54.3 Å². The Hall–Kier alpha value is -1.99. The highest BCUT2D eigenvalue weighted by Gasteiger charge is 2.36. The van der Waals surface area contributed by atoms with Crippen LogP contribution in [0.3, 0.4) is 0 Å². The van der Waals surface area contributed by atoms with Crippen LogP contribution in [0.2, 0.25) is 5.02 Å². The highest BCUT2D eigenvalue weighted by atomic mass is 35.5. The summed E-state index contributed by atoms with van der Waals surface area (Å²) >= 11 is 5.74. The number of nitrogens with one attached hydrogen (secondary N) is 1. The van der Waals surface area contributed by atoms with Gasteiger partial charge in [0.2, 0.25) is 5.91 Å². The van der Waals surface area contributed by atoms with Crippen molar-refractivity contribution in [3.63, 3.8) is 0 Å². The molecule has 1 N–H and O–H groups in total. The van der Waals surface area contributed by atoms with E-state index in [0.717, 1.165) is 12.1 Å². The van der Waals surface area contributed by atoms with Crippen molar-refractivity contribution in [3.8, 4) is 0 Å². The van der Waals surface area contributed by atoms with Crippen LogP contribution in [0, 0.1) is 11.6 Å². The largest absolute Gasteiger partial charge is 0.325 e. The Morgan fingerprint density at radius 2 is 1.88 bits per heavy atom. The van der Waals surface area contributed by atoms with Gasteiger partial charge in [-0.2, -0.15) is 0 Å². The molecule has 0 saturated heterocycles. The van der Waals surface area contributed by atoms with E-state index in [1.807, 2.05) is 0 Å². The molecule has 2 aromatic carbocycles. The first-order chi connectivity index (χ1) is 11.8. The minimum absolute atomic E-state index is 0.108. The molecule has 1 atom stereocenters. The van der Waals surface area contributed by atoms with Crippen LogP contribution in [0.4, 0.5) is 14.5 Å². The van der Waals surface area contributed by atoms with Crippen LogP contribution in [0.15, 0.2) is 36.4 Å². The zero-order valence-corrected chi connectivity index (χ0v) is 14.5. The predicted octanol–water partition coefficient (Wildman–Crippen LogP) is 3.66. The smallest absolute Gasteiger partial charge is 0.239 e. The Morgan fingerprint density at radius 1 is 1.20 bits per heavy atom. The van der Waals surface area contributed by atoms with Gasteiger partial charge in [-0.3, -0.25) is 4.79 Å². The monoisotopic (exact) mass is 385 g/mol. The molecule has 2 aromatic rings. The highest BCUT2D eigenvalue weighted by Crippen LogP contribution is 2.39. The van der Waals surface area contributed by atoms with Crippen molar-refractivity contribution in [2.45, 2.75) is 18.1 Å². The summed E-state index contributed by atoms with van der Waals surface area (Å²) in [5.74, 6) is -3.06. The van der Waals surface area contributed by atoms with E-state index in [-0.39, 0.29) is 24.0 Å². The van der Waals surface area contributed by atoms with Gasteiger partial charge in [0.1, 0.15) is 17.4 Å². The number of sulfone groups is 1. The quantitative estimate of drug-likeness (QED) is 0.873. The summed E-state index contributed by atoms with van der Waals surface area (Å²) in [6.07, 6.45) is 0.330. The third kappa shape index (κ3) is 3.82. The van der Waals surface area contributed by atoms with Crippen LogP contribution in [0.25, 0.3) is 0 Å². The molecular formula is C17H14ClF2NO3S. The predicted molar refractivity (Wildman–Crippen MR) is 91.3 cm³/mol. The van der Waals surface area contributed by atoms with Crippen molar-refractivity contribution in [1.29, 1.82) is 0 Å². The van der Waals surface area contributed by atoms with Crippen molar-refractivity contribution in [3.05, 3.63) is 64.2 Å². The second-order valence-electron chi connectivity index (χ2n) is 5.84. The van der Waals surface area contributed by atoms with Gasteiger partial charge >= 0.3 is 0 Å². The van der Waals surface area contributed by atoms with E-state index in [2.05, 4.69) is 5.32 Å². The van der Waals surface area contributed by atoms with E-state index in [4.69, 9.17) is 11.6 Å². The second kappa shape index (κ2) is 6.72. The van der Waals surface area contributed by atoms with Gasteiger partial charge in [0.15, 0.2) is 9.84 Å². The number of hydrogen-bond acceptors (Lipinski definition) is 3. The van der Waals surface area contributed by atoms with Crippen molar-refractivity contribution in [2.75, 3.05) is 11.1 Å². The highest BCUT2D eigenvalue weighted by molar-refractivity contribution is 7.92. The molecule has 1 aliphatic rings. The van der Waals surface area contributed by atoms with E-state index < -0.39 is 38.4 Å². The molecule has 0 aliphatic heterocycles. The number of anilines is 1. The molecule has 25 heavy (non-hydrogen) atoms. The fourth-order valence-corrected chi connectivity index (χ4v) is 4.83. The molecule has 132 valence electrons. The van der Waals surface area contributed by atoms with Crippen molar-refractivity contribution in [1.82, 2.24) is 0 Å². The average molecular weight is 386 g/mol. The SMILES string of the molecule is O=C(CS(=O)(=O)C1CCc2c(F)cc(F)cc21)Nc1ccc(Cl)cc1. The first-order valence-corrected chi connectivity index (χ1v) is 9.60. The van der Waals surface area contributed by atoms with Crippen molar-refractivity contribution in [2.24, 2.45) is 0 Å². The Kier molecular flexibility index (Phi) is 4.79. The summed E-state index contributed by atoms with van der Waals surface area (Å²) in [6.45, 7) is 0. The molecule has 1 aliphatic carbocycles. The number of amides is 1. The van der Waals surface area contributed by atoms with Gasteiger partial charge in [0.25, 0.3) is 0 Å². The summed E-state index contributed by atoms with van der Waals surface area (Å²) in [4.78, 5) is 12.0. The van der Waals surface area contributed by atoms with Crippen LogP contribution < -0.4 is 5.32 Å². The Bertz CT molecular complexity index is 930. The number of rotatable bonds is 4. The molecule has 0 heterocycles. The van der Waals surface area contributed by atoms with Gasteiger partial charge < -0.3 is 5.32 Å². The molecule has 8 heteroatoms. The van der Waals surface area contributed by atoms with E-state index in [0.29, 0.717) is 10.7 Å². The third-order valence-electron chi connectivity index (χ3n) is 4.09. The Labute approximate surface area is 148 Å². The summed E-state index contributed by atoms with van der Waals surface area (Å²) in [7, 11) is -3.91. The van der Waals surface area contributed by atoms with Crippen molar-refractivity contribution >= 4 is 33.0 Å². The third-order valence-corrected chi connectivity index (χ3v) is 6.37. The zero-order chi connectivity index (χ0) is 18.2. The van der Waals surface area contributed by atoms with Crippen LogP contribution in [-0.2, 0) is 21.1 Å². The molecule has 0 spiro atoms. The molecule has 1 amide bonds. The maximum atomic E-state index is 13.8. The first kappa shape index (κ1) is 17.8. The van der Waals surface area contributed by atoms with Gasteiger partial charge in [0.05, 0.1) is 5.25 Å². The molecule has 0 fully saturated rings. The molecule has 3 rings (SSSR count). The van der Waals surface area contributed by atoms with Gasteiger partial charge in [-0.1, -0.05) is 11.6 Å². The minimum atomic E-state index is -3.91. The summed E-state index contributed by atoms with van der Waals surface area (Å²) in [5, 5.41) is 1.87. The topological polar surface area (TPSA) is 63.2 Å². The van der Waals surface area contributed by atoms with Gasteiger partial charge in [-0.25, -0.2) is 17.2 Å². The average Bonchev–Trinajstić information content (AvgIpc) is 2.94. The fraction of sp³-hybridized carbons (Fsp3) is 0.235. The number of carbonyl (C=O) groups excluding carboxylic acids is 1. The molecule has 4 nitrogen and oxygen atoms in total. The molecule has 0 aromatic heterocycles. The van der Waals surface area contributed by atoms with Gasteiger partial charge in [0, 0.05) is 16.8 Å². The van der Waals surface area contributed by atoms with E-state index in [1.165, 1.54) is 0 Å². The molecule has 0 bridgehead atoms. The standard InChI is InChI=1S/C17H14ClF2NO3S/c18-10-1-3-12(4-2-10)21-17(22)9-25(23,24)16-6-5-13-14(16)7-11(19)8-15(13)20/h1-4,7-8,16H,5-6,9H2,(H,21,22). The molecule has 0 saturated carbocycles. The first-order valence-electron chi connectivity index (χ1n) is 7.51. The van der Waals surface area contributed by atoms with E-state index in [9.17, 15) is 22.0 Å². The fourth-order valence-electron chi connectivity index (χ4n) is 2.99. The number of hydrogen-bond donors (Lipinski definition) is 1. The zero-order valence-electron chi connectivity index (χ0n) is 12.9. The van der Waals surface area contributed by atoms with Crippen molar-refractivity contribution < 1.29 is 22.0 Å². The normalized spacial score (nSPS) is 16.5. The van der Waals surface area contributed by atoms with Crippen LogP contribution in [0.1, 0.15) is 22.8 Å². The number of fused-ring (bicyclic) bond motifs is 1. The van der Waals surface area contributed by atoms with Crippen LogP contribution in [0.5, 0.6) is 0 Å². The summed E-state index contributed by atoms with van der Waals surface area (Å²) in [5.41, 5.74) is 0.721. The number of carbonyl (C=O) groups is 1. The maximum absolute atomic E-state index is 13.8. The lowest BCUT2D eigenvalue weighted by Crippen LogP contribution is -2.26. The lowest BCUT2D eigenvalue weighted by molar-refractivity contribution is -0.113. The number of benzene rings is 2. The number of halogens is 3. The van der Waals surface area contributed by atoms with E-state index >= 15 is 0 Å². The lowest BCUT2D eigenvalue weighted by Gasteiger charge is -2.13. The van der Waals surface area contributed by atoms with Crippen LogP contribution >= 0.6 is 11.6 Å². The van der Waals surface area contributed by atoms with E-state index in [1.54, 1.807) is 24.3 Å². The summed E-state index contributed by atoms with van der Waals surface area (Å²) in [6, 6.07) is 7.98. The summed E-state index contributed by atoms with van der Waals surface area (Å²) < 4.78 is 52.3. The lowest BCUT2D eigenvalue weighted by atomic mass is 10.1. The van der Waals surface area contributed by atoms with Crippen LogP contribution in [-0.4, -0.2) is 20.1 Å². The minimum Gasteiger partial charge on any atom is -0.325 e. The Morgan fingerprint density at radius 3 is 2.56 bits per heavy atom. The molecular weight excluding hydrogens is 372 g/mol. The Balaban J connectivity index is 1.77. The maximum Gasteiger partial charge on any atom is 0.239 e. The van der Waals surface area contributed by atoms with Gasteiger partial charge in [-0.15, -0.1) is 0 Å².